The van der Waals surface area contributed by atoms with Crippen LogP contribution in [0.15, 0.2) is 0 Å². The smallest absolute Gasteiger partial charge is 0.0814 e. The molecular formula is C12H26N2O3. The second kappa shape index (κ2) is 9.79. The quantitative estimate of drug-likeness (QED) is 0.541. The van der Waals surface area contributed by atoms with Crippen LogP contribution in [0.25, 0.3) is 0 Å². The van der Waals surface area contributed by atoms with Crippen LogP contribution in [0.1, 0.15) is 25.7 Å². The van der Waals surface area contributed by atoms with Crippen LogP contribution >= 0.6 is 0 Å². The number of hydrogen-bond acceptors (Lipinski definition) is 5. The zero-order valence-electron chi connectivity index (χ0n) is 10.6. The minimum absolute atomic E-state index is 0.232. The number of rotatable bonds is 10. The monoisotopic (exact) mass is 246 g/mol. The van der Waals surface area contributed by atoms with Crippen molar-refractivity contribution < 1.29 is 14.2 Å². The van der Waals surface area contributed by atoms with Crippen LogP contribution < -0.4 is 11.5 Å². The molecule has 5 heteroatoms. The molecule has 1 heterocycles. The predicted octanol–water partition coefficient (Wildman–Crippen LogP) is 0.265. The summed E-state index contributed by atoms with van der Waals surface area (Å²) < 4.78 is 16.8. The Balaban J connectivity index is 1.95. The van der Waals surface area contributed by atoms with Crippen molar-refractivity contribution in [1.29, 1.82) is 0 Å². The normalized spacial score (nSPS) is 24.4. The van der Waals surface area contributed by atoms with Crippen molar-refractivity contribution in [1.82, 2.24) is 0 Å². The third-order valence-corrected chi connectivity index (χ3v) is 2.79. The summed E-state index contributed by atoms with van der Waals surface area (Å²) in [6, 6.07) is 0. The first-order chi connectivity index (χ1) is 8.36. The van der Waals surface area contributed by atoms with Crippen molar-refractivity contribution in [3.63, 3.8) is 0 Å². The van der Waals surface area contributed by atoms with Crippen molar-refractivity contribution in [2.24, 2.45) is 11.5 Å². The second-order valence-corrected chi connectivity index (χ2v) is 4.39. The molecule has 0 radical (unpaired) electrons. The van der Waals surface area contributed by atoms with E-state index < -0.39 is 0 Å². The third-order valence-electron chi connectivity index (χ3n) is 2.79. The Labute approximate surface area is 104 Å². The van der Waals surface area contributed by atoms with Crippen LogP contribution in [-0.2, 0) is 14.2 Å². The molecule has 1 rings (SSSR count). The van der Waals surface area contributed by atoms with Gasteiger partial charge in [-0.05, 0) is 38.8 Å². The van der Waals surface area contributed by atoms with Crippen LogP contribution in [0.4, 0.5) is 0 Å². The predicted molar refractivity (Wildman–Crippen MR) is 66.9 cm³/mol. The lowest BCUT2D eigenvalue weighted by atomic mass is 10.2. The van der Waals surface area contributed by atoms with Gasteiger partial charge in [-0.15, -0.1) is 0 Å². The Morgan fingerprint density at radius 1 is 0.882 bits per heavy atom. The summed E-state index contributed by atoms with van der Waals surface area (Å²) in [5, 5.41) is 0. The average Bonchev–Trinajstić information content (AvgIpc) is 2.78. The molecule has 1 aliphatic rings. The van der Waals surface area contributed by atoms with Crippen molar-refractivity contribution in [2.45, 2.75) is 37.9 Å². The molecule has 102 valence electrons. The molecule has 0 saturated carbocycles. The molecule has 0 amide bonds. The van der Waals surface area contributed by atoms with E-state index in [4.69, 9.17) is 25.7 Å². The highest BCUT2D eigenvalue weighted by molar-refractivity contribution is 4.73. The van der Waals surface area contributed by atoms with E-state index >= 15 is 0 Å². The molecular weight excluding hydrogens is 220 g/mol. The first kappa shape index (κ1) is 14.9. The highest BCUT2D eigenvalue weighted by atomic mass is 16.6. The average molecular weight is 246 g/mol. The molecule has 1 saturated heterocycles. The summed E-state index contributed by atoms with van der Waals surface area (Å²) >= 11 is 0. The fourth-order valence-electron chi connectivity index (χ4n) is 1.83. The molecule has 5 nitrogen and oxygen atoms in total. The summed E-state index contributed by atoms with van der Waals surface area (Å²) in [7, 11) is 0. The summed E-state index contributed by atoms with van der Waals surface area (Å²) in [4.78, 5) is 0. The standard InChI is InChI=1S/C12H26N2O3/c13-5-1-7-15-9-11-3-4-12(17-11)10-16-8-2-6-14/h11-12H,1-10,13-14H2. The van der Waals surface area contributed by atoms with Gasteiger partial charge in [-0.2, -0.15) is 0 Å². The van der Waals surface area contributed by atoms with Gasteiger partial charge in [-0.1, -0.05) is 0 Å². The molecule has 2 atom stereocenters. The molecule has 0 bridgehead atoms. The lowest BCUT2D eigenvalue weighted by Crippen LogP contribution is -2.21. The fraction of sp³-hybridized carbons (Fsp3) is 1.00. The first-order valence-electron chi connectivity index (χ1n) is 6.58. The molecule has 2 unspecified atom stereocenters. The molecule has 0 aromatic rings. The van der Waals surface area contributed by atoms with Crippen LogP contribution in [0.5, 0.6) is 0 Å². The third kappa shape index (κ3) is 6.95. The van der Waals surface area contributed by atoms with E-state index in [-0.39, 0.29) is 12.2 Å². The van der Waals surface area contributed by atoms with Crippen molar-refractivity contribution in [2.75, 3.05) is 39.5 Å². The minimum atomic E-state index is 0.232. The first-order valence-corrected chi connectivity index (χ1v) is 6.58. The second-order valence-electron chi connectivity index (χ2n) is 4.39. The maximum absolute atomic E-state index is 5.81. The molecule has 4 N–H and O–H groups in total. The van der Waals surface area contributed by atoms with Gasteiger partial charge in [0, 0.05) is 13.2 Å². The van der Waals surface area contributed by atoms with E-state index in [1.54, 1.807) is 0 Å². The zero-order valence-corrected chi connectivity index (χ0v) is 10.6. The topological polar surface area (TPSA) is 79.7 Å². The van der Waals surface area contributed by atoms with Gasteiger partial charge in [-0.3, -0.25) is 0 Å². The Bertz CT molecular complexity index is 163. The van der Waals surface area contributed by atoms with Crippen LogP contribution in [-0.4, -0.2) is 51.7 Å². The summed E-state index contributed by atoms with van der Waals surface area (Å²) in [6.45, 7) is 4.19. The lowest BCUT2D eigenvalue weighted by Gasteiger charge is -2.14. The van der Waals surface area contributed by atoms with Crippen LogP contribution in [0.3, 0.4) is 0 Å². The molecule has 17 heavy (non-hydrogen) atoms. The Morgan fingerprint density at radius 3 is 1.76 bits per heavy atom. The number of nitrogens with two attached hydrogens (primary N) is 2. The zero-order chi connectivity index (χ0) is 12.3. The van der Waals surface area contributed by atoms with Crippen molar-refractivity contribution in [3.05, 3.63) is 0 Å². The maximum Gasteiger partial charge on any atom is 0.0814 e. The highest BCUT2D eigenvalue weighted by Crippen LogP contribution is 2.20. The molecule has 0 spiro atoms. The molecule has 0 aliphatic carbocycles. The van der Waals surface area contributed by atoms with Gasteiger partial charge in [0.05, 0.1) is 25.4 Å². The minimum Gasteiger partial charge on any atom is -0.379 e. The van der Waals surface area contributed by atoms with E-state index in [0.29, 0.717) is 26.3 Å². The van der Waals surface area contributed by atoms with Crippen molar-refractivity contribution in [3.8, 4) is 0 Å². The Morgan fingerprint density at radius 2 is 1.35 bits per heavy atom. The van der Waals surface area contributed by atoms with E-state index in [0.717, 1.165) is 38.9 Å². The largest absolute Gasteiger partial charge is 0.379 e. The lowest BCUT2D eigenvalue weighted by molar-refractivity contribution is -0.0454. The van der Waals surface area contributed by atoms with E-state index in [1.807, 2.05) is 0 Å². The van der Waals surface area contributed by atoms with E-state index in [2.05, 4.69) is 0 Å². The summed E-state index contributed by atoms with van der Waals surface area (Å²) in [6.07, 6.45) is 4.42. The molecule has 0 aromatic carbocycles. The number of hydrogen-bond donors (Lipinski definition) is 2. The van der Waals surface area contributed by atoms with E-state index in [1.165, 1.54) is 0 Å². The van der Waals surface area contributed by atoms with Gasteiger partial charge < -0.3 is 25.7 Å². The van der Waals surface area contributed by atoms with Gasteiger partial charge in [-0.25, -0.2) is 0 Å². The van der Waals surface area contributed by atoms with Crippen LogP contribution in [0, 0.1) is 0 Å². The number of ether oxygens (including phenoxy) is 3. The van der Waals surface area contributed by atoms with Gasteiger partial charge >= 0.3 is 0 Å². The van der Waals surface area contributed by atoms with Gasteiger partial charge in [0.25, 0.3) is 0 Å². The molecule has 1 aliphatic heterocycles. The van der Waals surface area contributed by atoms with Crippen LogP contribution in [0.2, 0.25) is 0 Å². The Kier molecular flexibility index (Phi) is 8.56. The van der Waals surface area contributed by atoms with Gasteiger partial charge in [0.15, 0.2) is 0 Å². The maximum atomic E-state index is 5.81. The van der Waals surface area contributed by atoms with Crippen molar-refractivity contribution >= 4 is 0 Å². The Hall–Kier alpha value is -0.200. The summed E-state index contributed by atoms with van der Waals surface area (Å²) in [5.41, 5.74) is 10.8. The summed E-state index contributed by atoms with van der Waals surface area (Å²) in [5.74, 6) is 0. The highest BCUT2D eigenvalue weighted by Gasteiger charge is 2.25. The molecule has 1 fully saturated rings. The van der Waals surface area contributed by atoms with E-state index in [9.17, 15) is 0 Å². The van der Waals surface area contributed by atoms with Gasteiger partial charge in [0.1, 0.15) is 0 Å². The SMILES string of the molecule is NCCCOCC1CCC(COCCCN)O1. The molecule has 0 aromatic heterocycles. The fourth-order valence-corrected chi connectivity index (χ4v) is 1.83. The van der Waals surface area contributed by atoms with Gasteiger partial charge in [0.2, 0.25) is 0 Å².